The second kappa shape index (κ2) is 7.88. The molecule has 2 aromatic carbocycles. The van der Waals surface area contributed by atoms with Crippen LogP contribution in [0.1, 0.15) is 21.5 Å². The van der Waals surface area contributed by atoms with Gasteiger partial charge in [-0.05, 0) is 6.07 Å². The van der Waals surface area contributed by atoms with Crippen LogP contribution in [-0.2, 0) is 11.3 Å². The molecular weight excluding hydrogens is 310 g/mol. The van der Waals surface area contributed by atoms with E-state index in [1.165, 1.54) is 27.4 Å². The summed E-state index contributed by atoms with van der Waals surface area (Å²) in [6.45, 7) is -0.0138. The Kier molecular flexibility index (Phi) is 5.63. The lowest BCUT2D eigenvalue weighted by Gasteiger charge is -2.13. The zero-order chi connectivity index (χ0) is 17.5. The largest absolute Gasteiger partial charge is 0.496 e. The molecular formula is C18H17NO5. The van der Waals surface area contributed by atoms with E-state index in [0.29, 0.717) is 28.4 Å². The summed E-state index contributed by atoms with van der Waals surface area (Å²) in [6, 6.07) is 12.0. The molecule has 0 radical (unpaired) electrons. The third-order valence-corrected chi connectivity index (χ3v) is 3.42. The average molecular weight is 327 g/mol. The second-order valence-corrected chi connectivity index (χ2v) is 4.75. The first-order chi connectivity index (χ1) is 11.6. The number of carbonyl (C=O) groups is 1. The molecule has 6 heteroatoms. The van der Waals surface area contributed by atoms with Gasteiger partial charge in [-0.1, -0.05) is 18.2 Å². The zero-order valence-corrected chi connectivity index (χ0v) is 13.7. The van der Waals surface area contributed by atoms with E-state index >= 15 is 0 Å². The van der Waals surface area contributed by atoms with Crippen molar-refractivity contribution in [3.63, 3.8) is 0 Å². The van der Waals surface area contributed by atoms with Gasteiger partial charge in [0.25, 0.3) is 0 Å². The van der Waals surface area contributed by atoms with E-state index in [4.69, 9.17) is 24.2 Å². The van der Waals surface area contributed by atoms with Crippen molar-refractivity contribution in [2.24, 2.45) is 0 Å². The number of esters is 1. The maximum absolute atomic E-state index is 12.4. The molecule has 0 aliphatic heterocycles. The van der Waals surface area contributed by atoms with Crippen molar-refractivity contribution in [2.45, 2.75) is 6.61 Å². The summed E-state index contributed by atoms with van der Waals surface area (Å²) in [5, 5.41) is 9.07. The molecule has 0 aliphatic rings. The summed E-state index contributed by atoms with van der Waals surface area (Å²) in [7, 11) is 4.42. The smallest absolute Gasteiger partial charge is 0.342 e. The van der Waals surface area contributed by atoms with Crippen LogP contribution >= 0.6 is 0 Å². The van der Waals surface area contributed by atoms with Crippen LogP contribution in [-0.4, -0.2) is 27.3 Å². The normalized spacial score (nSPS) is 9.75. The van der Waals surface area contributed by atoms with Crippen molar-refractivity contribution in [2.75, 3.05) is 21.3 Å². The van der Waals surface area contributed by atoms with E-state index in [2.05, 4.69) is 6.07 Å². The van der Waals surface area contributed by atoms with Gasteiger partial charge in [-0.15, -0.1) is 0 Å². The van der Waals surface area contributed by atoms with Gasteiger partial charge in [-0.3, -0.25) is 0 Å². The summed E-state index contributed by atoms with van der Waals surface area (Å²) >= 11 is 0. The third-order valence-electron chi connectivity index (χ3n) is 3.42. The molecule has 0 amide bonds. The number of nitriles is 1. The molecule has 0 N–H and O–H groups in total. The number of hydrogen-bond donors (Lipinski definition) is 0. The van der Waals surface area contributed by atoms with Gasteiger partial charge < -0.3 is 18.9 Å². The van der Waals surface area contributed by atoms with Crippen molar-refractivity contribution in [1.29, 1.82) is 5.26 Å². The summed E-state index contributed by atoms with van der Waals surface area (Å²) in [5.74, 6) is 0.565. The lowest BCUT2D eigenvalue weighted by atomic mass is 10.1. The van der Waals surface area contributed by atoms with Crippen molar-refractivity contribution >= 4 is 5.97 Å². The Balaban J connectivity index is 2.25. The Morgan fingerprint density at radius 3 is 2.25 bits per heavy atom. The van der Waals surface area contributed by atoms with Gasteiger partial charge in [0.1, 0.15) is 17.9 Å². The van der Waals surface area contributed by atoms with Gasteiger partial charge in [-0.25, -0.2) is 4.79 Å². The van der Waals surface area contributed by atoms with E-state index in [1.807, 2.05) is 0 Å². The Labute approximate surface area is 140 Å². The molecule has 0 aromatic heterocycles. The number of ether oxygens (including phenoxy) is 4. The van der Waals surface area contributed by atoms with Crippen LogP contribution in [0.4, 0.5) is 0 Å². The molecule has 2 rings (SSSR count). The highest BCUT2D eigenvalue weighted by Gasteiger charge is 2.19. The van der Waals surface area contributed by atoms with Gasteiger partial charge in [0.2, 0.25) is 0 Å². The first kappa shape index (κ1) is 17.2. The molecule has 0 unspecified atom stereocenters. The van der Waals surface area contributed by atoms with Gasteiger partial charge in [0, 0.05) is 17.7 Å². The Morgan fingerprint density at radius 2 is 1.62 bits per heavy atom. The minimum absolute atomic E-state index is 0.0138. The molecule has 0 aliphatic carbocycles. The Hall–Kier alpha value is -3.20. The standard InChI is InChI=1S/C18H17NO5/c1-21-15-9-17(23-3)16(22-2)8-14(15)18(20)24-11-13-7-5-4-6-12(13)10-19/h4-9H,11H2,1-3H3. The van der Waals surface area contributed by atoms with E-state index < -0.39 is 5.97 Å². The summed E-state index contributed by atoms with van der Waals surface area (Å²) in [4.78, 5) is 12.4. The average Bonchev–Trinajstić information content (AvgIpc) is 2.64. The molecule has 0 bridgehead atoms. The van der Waals surface area contributed by atoms with Crippen molar-refractivity contribution in [3.8, 4) is 23.3 Å². The fourth-order valence-electron chi connectivity index (χ4n) is 2.17. The van der Waals surface area contributed by atoms with Crippen LogP contribution in [0, 0.1) is 11.3 Å². The van der Waals surface area contributed by atoms with Crippen molar-refractivity contribution in [3.05, 3.63) is 53.1 Å². The topological polar surface area (TPSA) is 77.8 Å². The number of nitrogens with zero attached hydrogens (tertiary/aromatic N) is 1. The van der Waals surface area contributed by atoms with Crippen LogP contribution in [0.3, 0.4) is 0 Å². The van der Waals surface area contributed by atoms with Crippen LogP contribution in [0.25, 0.3) is 0 Å². The molecule has 0 heterocycles. The molecule has 124 valence electrons. The first-order valence-electron chi connectivity index (χ1n) is 7.09. The number of hydrogen-bond acceptors (Lipinski definition) is 6. The van der Waals surface area contributed by atoms with Gasteiger partial charge in [0.15, 0.2) is 11.5 Å². The van der Waals surface area contributed by atoms with E-state index in [-0.39, 0.29) is 12.2 Å². The zero-order valence-electron chi connectivity index (χ0n) is 13.7. The summed E-state index contributed by atoms with van der Waals surface area (Å²) in [6.07, 6.45) is 0. The maximum atomic E-state index is 12.4. The number of methoxy groups -OCH3 is 3. The molecule has 24 heavy (non-hydrogen) atoms. The highest BCUT2D eigenvalue weighted by atomic mass is 16.5. The highest BCUT2D eigenvalue weighted by molar-refractivity contribution is 5.93. The maximum Gasteiger partial charge on any atom is 0.342 e. The number of rotatable bonds is 6. The molecule has 0 fully saturated rings. The van der Waals surface area contributed by atoms with E-state index in [9.17, 15) is 4.79 Å². The van der Waals surface area contributed by atoms with Crippen LogP contribution in [0.15, 0.2) is 36.4 Å². The second-order valence-electron chi connectivity index (χ2n) is 4.75. The Bertz CT molecular complexity index is 779. The lowest BCUT2D eigenvalue weighted by Crippen LogP contribution is -2.09. The fourth-order valence-corrected chi connectivity index (χ4v) is 2.17. The van der Waals surface area contributed by atoms with E-state index in [0.717, 1.165) is 0 Å². The van der Waals surface area contributed by atoms with Gasteiger partial charge in [0.05, 0.1) is 33.0 Å². The highest BCUT2D eigenvalue weighted by Crippen LogP contribution is 2.35. The minimum Gasteiger partial charge on any atom is -0.496 e. The summed E-state index contributed by atoms with van der Waals surface area (Å²) < 4.78 is 20.9. The van der Waals surface area contributed by atoms with Gasteiger partial charge >= 0.3 is 5.97 Å². The van der Waals surface area contributed by atoms with Crippen LogP contribution < -0.4 is 14.2 Å². The first-order valence-corrected chi connectivity index (χ1v) is 7.09. The van der Waals surface area contributed by atoms with Crippen molar-refractivity contribution in [1.82, 2.24) is 0 Å². The molecule has 0 saturated carbocycles. The predicted octanol–water partition coefficient (Wildman–Crippen LogP) is 2.94. The quantitative estimate of drug-likeness (QED) is 0.759. The number of benzene rings is 2. The predicted molar refractivity (Wildman–Crippen MR) is 86.4 cm³/mol. The molecule has 0 spiro atoms. The SMILES string of the molecule is COc1cc(OC)c(C(=O)OCc2ccccc2C#N)cc1OC. The molecule has 6 nitrogen and oxygen atoms in total. The minimum atomic E-state index is -0.583. The van der Waals surface area contributed by atoms with Crippen LogP contribution in [0.5, 0.6) is 17.2 Å². The Morgan fingerprint density at radius 1 is 1.00 bits per heavy atom. The molecule has 0 atom stereocenters. The van der Waals surface area contributed by atoms with Crippen LogP contribution in [0.2, 0.25) is 0 Å². The number of carbonyl (C=O) groups excluding carboxylic acids is 1. The monoisotopic (exact) mass is 327 g/mol. The van der Waals surface area contributed by atoms with Crippen molar-refractivity contribution < 1.29 is 23.7 Å². The van der Waals surface area contributed by atoms with E-state index in [1.54, 1.807) is 30.3 Å². The summed E-state index contributed by atoms with van der Waals surface area (Å²) in [5.41, 5.74) is 1.31. The fraction of sp³-hybridized carbons (Fsp3) is 0.222. The molecule has 2 aromatic rings. The van der Waals surface area contributed by atoms with Gasteiger partial charge in [-0.2, -0.15) is 5.26 Å². The lowest BCUT2D eigenvalue weighted by molar-refractivity contribution is 0.0468. The molecule has 0 saturated heterocycles. The third kappa shape index (κ3) is 3.58.